The molecular weight excluding hydrogens is 725 g/mol. The van der Waals surface area contributed by atoms with Crippen LogP contribution < -0.4 is 15.1 Å². The Bertz CT molecular complexity index is 2250. The molecule has 9 nitrogen and oxygen atoms in total. The van der Waals surface area contributed by atoms with Crippen molar-refractivity contribution in [2.75, 3.05) is 17.4 Å². The number of carbonyl (C=O) groups excluding carboxylic acids is 4. The van der Waals surface area contributed by atoms with Crippen LogP contribution in [0.5, 0.6) is 11.5 Å². The van der Waals surface area contributed by atoms with Gasteiger partial charge in [0.2, 0.25) is 11.8 Å². The van der Waals surface area contributed by atoms with E-state index >= 15 is 4.79 Å². The van der Waals surface area contributed by atoms with Gasteiger partial charge in [-0.3, -0.25) is 29.5 Å². The zero-order valence-corrected chi connectivity index (χ0v) is 31.7. The number of hydrazine groups is 1. The van der Waals surface area contributed by atoms with Crippen molar-refractivity contribution in [2.24, 2.45) is 23.7 Å². The summed E-state index contributed by atoms with van der Waals surface area (Å²) in [5.41, 5.74) is 6.80. The minimum atomic E-state index is -1.50. The van der Waals surface area contributed by atoms with Crippen molar-refractivity contribution < 1.29 is 29.0 Å². The number of fused-ring (bicyclic) bond motifs is 4. The van der Waals surface area contributed by atoms with E-state index in [1.54, 1.807) is 45.2 Å². The average Bonchev–Trinajstić information content (AvgIpc) is 3.55. The minimum Gasteiger partial charge on any atom is -0.507 e. The van der Waals surface area contributed by atoms with Gasteiger partial charge in [0.15, 0.2) is 0 Å². The number of nitrogens with one attached hydrogen (secondary N) is 1. The average molecular weight is 765 g/mol. The van der Waals surface area contributed by atoms with Gasteiger partial charge >= 0.3 is 0 Å². The smallest absolute Gasteiger partial charge is 0.260 e. The van der Waals surface area contributed by atoms with Gasteiger partial charge in [0, 0.05) is 10.9 Å². The first-order valence-electron chi connectivity index (χ1n) is 18.1. The van der Waals surface area contributed by atoms with Gasteiger partial charge < -0.3 is 9.84 Å². The quantitative estimate of drug-likeness (QED) is 0.145. The first kappa shape index (κ1) is 35.9. The van der Waals surface area contributed by atoms with Crippen molar-refractivity contribution in [1.82, 2.24) is 5.01 Å². The second-order valence-electron chi connectivity index (χ2n) is 14.7. The number of anilines is 2. The van der Waals surface area contributed by atoms with E-state index in [1.807, 2.05) is 61.5 Å². The van der Waals surface area contributed by atoms with Gasteiger partial charge in [-0.05, 0) is 109 Å². The molecule has 8 rings (SSSR count). The van der Waals surface area contributed by atoms with Gasteiger partial charge in [0.1, 0.15) is 11.5 Å². The standard InChI is InChI=1S/C43H39Cl2N3O6/c1-5-24-6-11-28(12-7-24)47-39(50)31-16-15-30-32(36(31)41(47)52)21-33-40(51)48(46-35-17-10-27(44)20-34(35)45)42(53)43(33,26-8-13-29(54-4)14-9-26)37(30)25-18-22(2)38(49)23(3)19-25/h6-15,17-20,31-33,36-37,46,49H,5,16,21H2,1-4H3. The van der Waals surface area contributed by atoms with Crippen molar-refractivity contribution >= 4 is 58.2 Å². The Morgan fingerprint density at radius 2 is 1.56 bits per heavy atom. The Morgan fingerprint density at radius 1 is 0.870 bits per heavy atom. The van der Waals surface area contributed by atoms with Crippen LogP contribution in [-0.4, -0.2) is 40.9 Å². The van der Waals surface area contributed by atoms with Gasteiger partial charge in [-0.25, -0.2) is 0 Å². The van der Waals surface area contributed by atoms with E-state index in [9.17, 15) is 19.5 Å². The summed E-state index contributed by atoms with van der Waals surface area (Å²) in [6.07, 6.45) is 3.28. The number of allylic oxidation sites excluding steroid dienone is 2. The Kier molecular flexibility index (Phi) is 8.85. The number of benzene rings is 4. The van der Waals surface area contributed by atoms with E-state index in [2.05, 4.69) is 5.43 Å². The highest BCUT2D eigenvalue weighted by Gasteiger charge is 2.70. The number of aromatic hydroxyl groups is 1. The topological polar surface area (TPSA) is 116 Å². The van der Waals surface area contributed by atoms with Gasteiger partial charge in [-0.1, -0.05) is 78.2 Å². The lowest BCUT2D eigenvalue weighted by Gasteiger charge is -2.50. The first-order chi connectivity index (χ1) is 25.9. The van der Waals surface area contributed by atoms with Crippen LogP contribution >= 0.6 is 23.2 Å². The van der Waals surface area contributed by atoms with Gasteiger partial charge in [-0.15, -0.1) is 0 Å². The molecule has 0 bridgehead atoms. The lowest BCUT2D eigenvalue weighted by molar-refractivity contribution is -0.138. The summed E-state index contributed by atoms with van der Waals surface area (Å²) in [5, 5.41) is 12.6. The maximum absolute atomic E-state index is 15.5. The Hall–Kier alpha value is -5.12. The molecule has 54 heavy (non-hydrogen) atoms. The number of ether oxygens (including phenoxy) is 1. The molecule has 1 saturated carbocycles. The fourth-order valence-corrected chi connectivity index (χ4v) is 9.96. The number of halogens is 2. The first-order valence-corrected chi connectivity index (χ1v) is 18.9. The summed E-state index contributed by atoms with van der Waals surface area (Å²) in [6.45, 7) is 5.64. The third-order valence-corrected chi connectivity index (χ3v) is 12.6. The molecule has 0 radical (unpaired) electrons. The fourth-order valence-electron chi connectivity index (χ4n) is 9.51. The zero-order chi connectivity index (χ0) is 38.2. The van der Waals surface area contributed by atoms with Gasteiger partial charge in [0.25, 0.3) is 11.8 Å². The van der Waals surface area contributed by atoms with Gasteiger partial charge in [-0.2, -0.15) is 5.01 Å². The highest BCUT2D eigenvalue weighted by Crippen LogP contribution is 2.64. The summed E-state index contributed by atoms with van der Waals surface area (Å²) < 4.78 is 5.49. The number of phenols is 1. The van der Waals surface area contributed by atoms with Crippen LogP contribution in [0.25, 0.3) is 0 Å². The molecule has 4 aromatic carbocycles. The molecule has 0 aromatic heterocycles. The second-order valence-corrected chi connectivity index (χ2v) is 15.6. The van der Waals surface area contributed by atoms with Crippen molar-refractivity contribution in [3.8, 4) is 11.5 Å². The third-order valence-electron chi connectivity index (χ3n) is 12.0. The molecule has 2 N–H and O–H groups in total. The molecule has 4 aliphatic rings. The van der Waals surface area contributed by atoms with E-state index in [-0.39, 0.29) is 29.0 Å². The predicted octanol–water partition coefficient (Wildman–Crippen LogP) is 8.08. The van der Waals surface area contributed by atoms with E-state index < -0.39 is 46.8 Å². The number of imide groups is 2. The van der Waals surface area contributed by atoms with Crippen molar-refractivity contribution in [1.29, 1.82) is 0 Å². The normalized spacial score (nSPS) is 26.0. The number of nitrogens with zero attached hydrogens (tertiary/aromatic N) is 2. The number of methoxy groups -OCH3 is 1. The minimum absolute atomic E-state index is 0.134. The van der Waals surface area contributed by atoms with E-state index in [0.29, 0.717) is 50.8 Å². The number of carbonyl (C=O) groups is 4. The van der Waals surface area contributed by atoms with E-state index in [4.69, 9.17) is 27.9 Å². The molecule has 2 aliphatic carbocycles. The number of phenolic OH excluding ortho intramolecular Hbond substituents is 1. The number of hydrogen-bond donors (Lipinski definition) is 2. The van der Waals surface area contributed by atoms with E-state index in [0.717, 1.165) is 22.6 Å². The number of aryl methyl sites for hydroxylation is 3. The molecule has 4 amide bonds. The monoisotopic (exact) mass is 763 g/mol. The molecule has 276 valence electrons. The summed E-state index contributed by atoms with van der Waals surface area (Å²) in [6, 6.07) is 23.1. The van der Waals surface area contributed by atoms with Crippen LogP contribution in [0.15, 0.2) is 90.5 Å². The molecule has 6 unspecified atom stereocenters. The Morgan fingerprint density at radius 3 is 2.19 bits per heavy atom. The van der Waals surface area contributed by atoms with Crippen molar-refractivity contribution in [3.05, 3.63) is 128 Å². The Balaban J connectivity index is 1.33. The van der Waals surface area contributed by atoms with Crippen LogP contribution in [0.3, 0.4) is 0 Å². The molecule has 11 heteroatoms. The lowest BCUT2D eigenvalue weighted by Crippen LogP contribution is -2.53. The number of rotatable bonds is 7. The van der Waals surface area contributed by atoms with Crippen LogP contribution in [0.1, 0.15) is 53.5 Å². The van der Waals surface area contributed by atoms with Gasteiger partial charge in [0.05, 0.1) is 46.7 Å². The molecule has 6 atom stereocenters. The molecular formula is C43H39Cl2N3O6. The summed E-state index contributed by atoms with van der Waals surface area (Å²) in [4.78, 5) is 60.5. The number of amides is 4. The summed E-state index contributed by atoms with van der Waals surface area (Å²) >= 11 is 12.8. The molecule has 3 fully saturated rings. The maximum Gasteiger partial charge on any atom is 0.260 e. The molecule has 2 aliphatic heterocycles. The molecule has 4 aromatic rings. The van der Waals surface area contributed by atoms with Crippen LogP contribution in [0.4, 0.5) is 11.4 Å². The largest absolute Gasteiger partial charge is 0.507 e. The second kappa shape index (κ2) is 13.3. The third kappa shape index (κ3) is 5.27. The molecule has 0 spiro atoms. The van der Waals surface area contributed by atoms with Crippen LogP contribution in [0, 0.1) is 37.5 Å². The highest BCUT2D eigenvalue weighted by molar-refractivity contribution is 6.36. The predicted molar refractivity (Wildman–Crippen MR) is 207 cm³/mol. The highest BCUT2D eigenvalue weighted by atomic mass is 35.5. The Labute approximate surface area is 323 Å². The van der Waals surface area contributed by atoms with Crippen LogP contribution in [-0.2, 0) is 31.0 Å². The summed E-state index contributed by atoms with van der Waals surface area (Å²) in [5.74, 6) is -4.44. The SMILES string of the molecule is CCc1ccc(N2C(=O)C3CC=C4C(CC5C(=O)N(Nc6ccc(Cl)cc6Cl)C(=O)C5(c5ccc(OC)cc5)C4c4cc(C)c(O)c(C)c4)C3C2=O)cc1. The zero-order valence-electron chi connectivity index (χ0n) is 30.2. The van der Waals surface area contributed by atoms with E-state index in [1.165, 1.54) is 11.0 Å². The fraction of sp³-hybridized carbons (Fsp3) is 0.302. The summed E-state index contributed by atoms with van der Waals surface area (Å²) in [7, 11) is 1.56. The lowest BCUT2D eigenvalue weighted by atomic mass is 9.49. The maximum atomic E-state index is 15.5. The van der Waals surface area contributed by atoms with Crippen molar-refractivity contribution in [2.45, 2.75) is 51.4 Å². The van der Waals surface area contributed by atoms with Crippen LogP contribution in [0.2, 0.25) is 10.0 Å². The van der Waals surface area contributed by atoms with Crippen molar-refractivity contribution in [3.63, 3.8) is 0 Å². The molecule has 2 heterocycles. The number of hydrogen-bond acceptors (Lipinski definition) is 7. The molecule has 2 saturated heterocycles.